The summed E-state index contributed by atoms with van der Waals surface area (Å²) in [6.07, 6.45) is 0. The Kier molecular flexibility index (Phi) is 5.15. The predicted octanol–water partition coefficient (Wildman–Crippen LogP) is 2.80. The fraction of sp³-hybridized carbons (Fsp3) is 0.0714. The van der Waals surface area contributed by atoms with Crippen LogP contribution in [0, 0.1) is 15.9 Å². The maximum atomic E-state index is 13.2. The van der Waals surface area contributed by atoms with Crippen molar-refractivity contribution in [3.63, 3.8) is 0 Å². The smallest absolute Gasteiger partial charge is 0.306 e. The number of halogens is 2. The lowest BCUT2D eigenvalue weighted by atomic mass is 10.2. The maximum Gasteiger partial charge on any atom is 0.306 e. The molecular formula is C14H10ClFN2O5S. The van der Waals surface area contributed by atoms with Crippen molar-refractivity contribution in [1.29, 1.82) is 0 Å². The predicted molar refractivity (Wildman–Crippen MR) is 85.2 cm³/mol. The zero-order valence-corrected chi connectivity index (χ0v) is 13.5. The van der Waals surface area contributed by atoms with Crippen molar-refractivity contribution in [2.24, 2.45) is 0 Å². The van der Waals surface area contributed by atoms with Crippen LogP contribution in [0.15, 0.2) is 47.4 Å². The Balaban J connectivity index is 2.14. The molecule has 2 aromatic carbocycles. The number of nitrogens with zero attached hydrogens (tertiary/aromatic N) is 1. The van der Waals surface area contributed by atoms with Crippen LogP contribution in [0.1, 0.15) is 0 Å². The molecule has 1 N–H and O–H groups in total. The van der Waals surface area contributed by atoms with E-state index in [1.807, 2.05) is 0 Å². The number of nitro groups is 1. The fourth-order valence-corrected chi connectivity index (χ4v) is 3.09. The summed E-state index contributed by atoms with van der Waals surface area (Å²) in [6, 6.07) is 7.96. The van der Waals surface area contributed by atoms with E-state index in [0.717, 1.165) is 18.2 Å². The molecule has 2 aromatic rings. The summed E-state index contributed by atoms with van der Waals surface area (Å²) in [4.78, 5) is 21.5. The molecule has 10 heteroatoms. The monoisotopic (exact) mass is 372 g/mol. The van der Waals surface area contributed by atoms with E-state index < -0.39 is 37.9 Å². The molecule has 1 amide bonds. The number of anilines is 1. The van der Waals surface area contributed by atoms with Gasteiger partial charge in [0, 0.05) is 16.8 Å². The SMILES string of the molecule is O=C(CS(=O)(=O)c1ccc(Cl)cc1)Nc1ccc(F)c([N+](=O)[O-])c1. The van der Waals surface area contributed by atoms with Crippen LogP contribution in [0.2, 0.25) is 5.02 Å². The first-order valence-corrected chi connectivity index (χ1v) is 8.44. The van der Waals surface area contributed by atoms with Gasteiger partial charge in [-0.2, -0.15) is 4.39 Å². The molecule has 0 fully saturated rings. The Morgan fingerprint density at radius 2 is 1.83 bits per heavy atom. The molecule has 0 aromatic heterocycles. The van der Waals surface area contributed by atoms with Crippen LogP contribution in [0.25, 0.3) is 0 Å². The number of hydrogen-bond acceptors (Lipinski definition) is 5. The highest BCUT2D eigenvalue weighted by molar-refractivity contribution is 7.92. The van der Waals surface area contributed by atoms with E-state index in [9.17, 15) is 27.7 Å². The van der Waals surface area contributed by atoms with Crippen molar-refractivity contribution in [2.75, 3.05) is 11.1 Å². The van der Waals surface area contributed by atoms with Gasteiger partial charge in [-0.3, -0.25) is 14.9 Å². The first kappa shape index (κ1) is 17.8. The molecule has 0 aliphatic heterocycles. The highest BCUT2D eigenvalue weighted by Gasteiger charge is 2.21. The average Bonchev–Trinajstić information content (AvgIpc) is 2.48. The summed E-state index contributed by atoms with van der Waals surface area (Å²) in [6.45, 7) is 0. The van der Waals surface area contributed by atoms with Crippen molar-refractivity contribution in [3.8, 4) is 0 Å². The van der Waals surface area contributed by atoms with Gasteiger partial charge in [0.1, 0.15) is 5.75 Å². The van der Waals surface area contributed by atoms with E-state index in [-0.39, 0.29) is 10.6 Å². The molecule has 0 saturated carbocycles. The number of nitro benzene ring substituents is 1. The molecule has 7 nitrogen and oxygen atoms in total. The van der Waals surface area contributed by atoms with E-state index in [2.05, 4.69) is 5.32 Å². The van der Waals surface area contributed by atoms with E-state index in [0.29, 0.717) is 5.02 Å². The van der Waals surface area contributed by atoms with Crippen LogP contribution < -0.4 is 5.32 Å². The van der Waals surface area contributed by atoms with Crippen molar-refractivity contribution < 1.29 is 22.5 Å². The molecule has 0 aliphatic carbocycles. The maximum absolute atomic E-state index is 13.2. The van der Waals surface area contributed by atoms with Gasteiger partial charge in [-0.25, -0.2) is 8.42 Å². The van der Waals surface area contributed by atoms with Crippen LogP contribution in [0.5, 0.6) is 0 Å². The normalized spacial score (nSPS) is 11.1. The van der Waals surface area contributed by atoms with Gasteiger partial charge < -0.3 is 5.32 Å². The molecule has 0 radical (unpaired) electrons. The number of carbonyl (C=O) groups excluding carboxylic acids is 1. The van der Waals surface area contributed by atoms with Gasteiger partial charge in [-0.1, -0.05) is 11.6 Å². The number of carbonyl (C=O) groups is 1. The number of sulfone groups is 1. The zero-order valence-electron chi connectivity index (χ0n) is 11.9. The minimum absolute atomic E-state index is 0.0839. The second-order valence-corrected chi connectivity index (χ2v) is 7.11. The van der Waals surface area contributed by atoms with Crippen molar-refractivity contribution >= 4 is 38.7 Å². The molecule has 0 atom stereocenters. The second-order valence-electron chi connectivity index (χ2n) is 4.68. The van der Waals surface area contributed by atoms with Gasteiger partial charge >= 0.3 is 5.69 Å². The van der Waals surface area contributed by atoms with Gasteiger partial charge in [0.2, 0.25) is 11.7 Å². The average molecular weight is 373 g/mol. The summed E-state index contributed by atoms with van der Waals surface area (Å²) in [5.74, 6) is -2.85. The Morgan fingerprint density at radius 3 is 2.42 bits per heavy atom. The van der Waals surface area contributed by atoms with Crippen molar-refractivity contribution in [3.05, 3.63) is 63.4 Å². The summed E-state index contributed by atoms with van der Waals surface area (Å²) in [5, 5.41) is 13.2. The quantitative estimate of drug-likeness (QED) is 0.641. The molecular weight excluding hydrogens is 363 g/mol. The Morgan fingerprint density at radius 1 is 1.21 bits per heavy atom. The Hall–Kier alpha value is -2.52. The largest absolute Gasteiger partial charge is 0.325 e. The van der Waals surface area contributed by atoms with E-state index in [4.69, 9.17) is 11.6 Å². The molecule has 0 saturated heterocycles. The number of amides is 1. The number of nitrogens with one attached hydrogen (secondary N) is 1. The molecule has 2 rings (SSSR count). The molecule has 0 unspecified atom stereocenters. The molecule has 0 bridgehead atoms. The third-order valence-electron chi connectivity index (χ3n) is 2.92. The van der Waals surface area contributed by atoms with Crippen molar-refractivity contribution in [1.82, 2.24) is 0 Å². The molecule has 0 spiro atoms. The van der Waals surface area contributed by atoms with E-state index >= 15 is 0 Å². The minimum atomic E-state index is -3.91. The first-order chi connectivity index (χ1) is 11.2. The molecule has 0 aliphatic rings. The molecule has 0 heterocycles. The highest BCUT2D eigenvalue weighted by atomic mass is 35.5. The topological polar surface area (TPSA) is 106 Å². The Labute approximate surface area is 141 Å². The minimum Gasteiger partial charge on any atom is -0.325 e. The fourth-order valence-electron chi connectivity index (χ4n) is 1.83. The van der Waals surface area contributed by atoms with Gasteiger partial charge in [0.15, 0.2) is 9.84 Å². The van der Waals surface area contributed by atoms with Crippen LogP contribution in [0.4, 0.5) is 15.8 Å². The zero-order chi connectivity index (χ0) is 17.9. The number of hydrogen-bond donors (Lipinski definition) is 1. The van der Waals surface area contributed by atoms with Gasteiger partial charge in [-0.05, 0) is 36.4 Å². The lowest BCUT2D eigenvalue weighted by Crippen LogP contribution is -2.23. The Bertz CT molecular complexity index is 900. The van der Waals surface area contributed by atoms with Gasteiger partial charge in [0.05, 0.1) is 9.82 Å². The van der Waals surface area contributed by atoms with E-state index in [1.54, 1.807) is 0 Å². The van der Waals surface area contributed by atoms with Gasteiger partial charge in [-0.15, -0.1) is 0 Å². The lowest BCUT2D eigenvalue weighted by molar-refractivity contribution is -0.387. The standard InChI is InChI=1S/C14H10ClFN2O5S/c15-9-1-4-11(5-2-9)24(22,23)8-14(19)17-10-3-6-12(16)13(7-10)18(20)21/h1-7H,8H2,(H,17,19). The van der Waals surface area contributed by atoms with Crippen LogP contribution in [-0.4, -0.2) is 25.0 Å². The third kappa shape index (κ3) is 4.27. The van der Waals surface area contributed by atoms with Gasteiger partial charge in [0.25, 0.3) is 0 Å². The summed E-state index contributed by atoms with van der Waals surface area (Å²) in [5.41, 5.74) is -0.909. The number of rotatable bonds is 5. The van der Waals surface area contributed by atoms with Crippen LogP contribution in [-0.2, 0) is 14.6 Å². The van der Waals surface area contributed by atoms with E-state index in [1.165, 1.54) is 24.3 Å². The molecule has 126 valence electrons. The summed E-state index contributed by atoms with van der Waals surface area (Å²) < 4.78 is 37.4. The van der Waals surface area contributed by atoms with Crippen LogP contribution in [0.3, 0.4) is 0 Å². The second kappa shape index (κ2) is 6.93. The summed E-state index contributed by atoms with van der Waals surface area (Å²) >= 11 is 5.67. The highest BCUT2D eigenvalue weighted by Crippen LogP contribution is 2.22. The van der Waals surface area contributed by atoms with Crippen LogP contribution >= 0.6 is 11.6 Å². The molecule has 24 heavy (non-hydrogen) atoms. The third-order valence-corrected chi connectivity index (χ3v) is 4.81. The first-order valence-electron chi connectivity index (χ1n) is 6.41. The summed E-state index contributed by atoms with van der Waals surface area (Å²) in [7, 11) is -3.91. The number of benzene rings is 2. The lowest BCUT2D eigenvalue weighted by Gasteiger charge is -2.07. The van der Waals surface area contributed by atoms with Crippen molar-refractivity contribution in [2.45, 2.75) is 4.90 Å².